The van der Waals surface area contributed by atoms with E-state index in [1.807, 2.05) is 42.6 Å². The van der Waals surface area contributed by atoms with Gasteiger partial charge in [-0.2, -0.15) is 0 Å². The number of carbonyl (C=O) groups is 2. The fourth-order valence-corrected chi connectivity index (χ4v) is 4.01. The first-order chi connectivity index (χ1) is 15.5. The molecule has 2 aromatic heterocycles. The van der Waals surface area contributed by atoms with Crippen LogP contribution in [0.5, 0.6) is 0 Å². The van der Waals surface area contributed by atoms with Crippen molar-refractivity contribution in [2.75, 3.05) is 33.8 Å². The molecule has 1 fully saturated rings. The van der Waals surface area contributed by atoms with Gasteiger partial charge in [0.25, 0.3) is 11.8 Å². The van der Waals surface area contributed by atoms with E-state index in [0.717, 1.165) is 16.7 Å². The summed E-state index contributed by atoms with van der Waals surface area (Å²) in [6.07, 6.45) is 5.52. The van der Waals surface area contributed by atoms with Gasteiger partial charge in [0.15, 0.2) is 5.60 Å². The fraction of sp³-hybridized carbons (Fsp3) is 0.280. The molecule has 0 saturated carbocycles. The molecule has 4 rings (SSSR count). The Bertz CT molecular complexity index is 1070. The van der Waals surface area contributed by atoms with Gasteiger partial charge in [-0.05, 0) is 34.9 Å². The summed E-state index contributed by atoms with van der Waals surface area (Å²) in [4.78, 5) is 37.8. The molecule has 0 radical (unpaired) electrons. The summed E-state index contributed by atoms with van der Waals surface area (Å²) in [7, 11) is 3.41. The number of hydrogen-bond donors (Lipinski definition) is 0. The Balaban J connectivity index is 1.59. The highest BCUT2D eigenvalue weighted by atomic mass is 16.5. The number of hydrogen-bond acceptors (Lipinski definition) is 5. The Morgan fingerprint density at radius 1 is 1.03 bits per heavy atom. The monoisotopic (exact) mass is 430 g/mol. The van der Waals surface area contributed by atoms with Crippen molar-refractivity contribution in [3.05, 3.63) is 84.4 Å². The van der Waals surface area contributed by atoms with Gasteiger partial charge in [0, 0.05) is 45.7 Å². The number of ether oxygens (including phenoxy) is 1. The number of likely N-dealkylation sites (N-methyl/N-ethyl adjacent to an activating group) is 1. The molecule has 1 saturated heterocycles. The molecule has 7 nitrogen and oxygen atoms in total. The summed E-state index contributed by atoms with van der Waals surface area (Å²) in [5.41, 5.74) is 2.24. The molecule has 0 aliphatic carbocycles. The predicted octanol–water partition coefficient (Wildman–Crippen LogP) is 2.69. The van der Waals surface area contributed by atoms with Crippen LogP contribution in [0.1, 0.15) is 16.1 Å². The third-order valence-electron chi connectivity index (χ3n) is 5.59. The van der Waals surface area contributed by atoms with Crippen LogP contribution in [-0.2, 0) is 16.0 Å². The van der Waals surface area contributed by atoms with Gasteiger partial charge in [-0.3, -0.25) is 19.6 Å². The Morgan fingerprint density at radius 2 is 1.84 bits per heavy atom. The van der Waals surface area contributed by atoms with Gasteiger partial charge >= 0.3 is 0 Å². The van der Waals surface area contributed by atoms with E-state index < -0.39 is 5.60 Å². The van der Waals surface area contributed by atoms with Gasteiger partial charge in [0.1, 0.15) is 5.69 Å². The molecule has 1 aliphatic rings. The minimum absolute atomic E-state index is 0.160. The highest BCUT2D eigenvalue weighted by Crippen LogP contribution is 2.28. The summed E-state index contributed by atoms with van der Waals surface area (Å²) in [5.74, 6) is -0.357. The lowest BCUT2D eigenvalue weighted by atomic mass is 9.90. The maximum Gasteiger partial charge on any atom is 0.272 e. The van der Waals surface area contributed by atoms with Crippen LogP contribution in [0.15, 0.2) is 73.2 Å². The molecule has 2 amide bonds. The second-order valence-electron chi connectivity index (χ2n) is 8.10. The highest BCUT2D eigenvalue weighted by Gasteiger charge is 2.46. The summed E-state index contributed by atoms with van der Waals surface area (Å²) < 4.78 is 6.11. The summed E-state index contributed by atoms with van der Waals surface area (Å²) in [5, 5.41) is 0. The average Bonchev–Trinajstić information content (AvgIpc) is 2.84. The minimum atomic E-state index is -1.15. The molecule has 3 aromatic rings. The van der Waals surface area contributed by atoms with Crippen LogP contribution < -0.4 is 0 Å². The third kappa shape index (κ3) is 4.53. The molecule has 0 spiro atoms. The summed E-state index contributed by atoms with van der Waals surface area (Å²) >= 11 is 0. The van der Waals surface area contributed by atoms with Crippen LogP contribution in [0, 0.1) is 0 Å². The zero-order valence-electron chi connectivity index (χ0n) is 18.3. The maximum absolute atomic E-state index is 13.3. The molecule has 1 aliphatic heterocycles. The second kappa shape index (κ2) is 9.28. The lowest BCUT2D eigenvalue weighted by Gasteiger charge is -2.42. The van der Waals surface area contributed by atoms with Crippen LogP contribution in [-0.4, -0.2) is 71.0 Å². The molecule has 7 heteroatoms. The van der Waals surface area contributed by atoms with Crippen LogP contribution in [0.4, 0.5) is 0 Å². The minimum Gasteiger partial charge on any atom is -0.361 e. The number of rotatable bonds is 5. The molecule has 32 heavy (non-hydrogen) atoms. The van der Waals surface area contributed by atoms with Gasteiger partial charge in [-0.1, -0.05) is 36.4 Å². The Kier molecular flexibility index (Phi) is 6.28. The average molecular weight is 431 g/mol. The summed E-state index contributed by atoms with van der Waals surface area (Å²) in [6.45, 7) is 0.869. The molecule has 1 atom stereocenters. The van der Waals surface area contributed by atoms with Crippen molar-refractivity contribution in [2.45, 2.75) is 12.0 Å². The molecule has 164 valence electrons. The van der Waals surface area contributed by atoms with E-state index in [2.05, 4.69) is 9.97 Å². The Hall–Kier alpha value is -3.58. The Labute approximate surface area is 187 Å². The summed E-state index contributed by atoms with van der Waals surface area (Å²) in [6, 6.07) is 17.2. The van der Waals surface area contributed by atoms with Crippen molar-refractivity contribution < 1.29 is 14.3 Å². The van der Waals surface area contributed by atoms with Gasteiger partial charge in [0.05, 0.1) is 13.2 Å². The van der Waals surface area contributed by atoms with Crippen molar-refractivity contribution in [2.24, 2.45) is 0 Å². The first-order valence-electron chi connectivity index (χ1n) is 10.5. The van der Waals surface area contributed by atoms with Gasteiger partial charge in [-0.15, -0.1) is 0 Å². The van der Waals surface area contributed by atoms with E-state index in [0.29, 0.717) is 18.7 Å². The van der Waals surface area contributed by atoms with E-state index in [-0.39, 0.29) is 25.0 Å². The van der Waals surface area contributed by atoms with E-state index in [9.17, 15) is 9.59 Å². The third-order valence-corrected chi connectivity index (χ3v) is 5.59. The van der Waals surface area contributed by atoms with Gasteiger partial charge in [-0.25, -0.2) is 0 Å². The van der Waals surface area contributed by atoms with Crippen molar-refractivity contribution >= 4 is 11.8 Å². The molecule has 0 bridgehead atoms. The number of aromatic nitrogens is 2. The van der Waals surface area contributed by atoms with Crippen LogP contribution in [0.25, 0.3) is 11.1 Å². The normalized spacial score (nSPS) is 18.2. The van der Waals surface area contributed by atoms with Crippen LogP contribution in [0.2, 0.25) is 0 Å². The van der Waals surface area contributed by atoms with Gasteiger partial charge < -0.3 is 14.5 Å². The largest absolute Gasteiger partial charge is 0.361 e. The number of nitrogens with zero attached hydrogens (tertiary/aromatic N) is 4. The number of benzene rings is 1. The van der Waals surface area contributed by atoms with E-state index in [4.69, 9.17) is 4.74 Å². The molecular weight excluding hydrogens is 404 g/mol. The topological polar surface area (TPSA) is 75.6 Å². The lowest BCUT2D eigenvalue weighted by molar-refractivity contribution is -0.165. The maximum atomic E-state index is 13.3. The molecule has 0 unspecified atom stereocenters. The highest BCUT2D eigenvalue weighted by molar-refractivity contribution is 5.93. The number of pyridine rings is 2. The van der Waals surface area contributed by atoms with Crippen molar-refractivity contribution in [1.82, 2.24) is 19.8 Å². The molecule has 1 aromatic carbocycles. The standard InChI is InChI=1S/C25H26N4O3/c1-28(2)24(31)25(16-19-8-10-20(11-9-19)21-6-5-12-26-17-21)18-29(14-15-32-25)23(30)22-7-3-4-13-27-22/h3-13,17H,14-16,18H2,1-2H3/t25-/m0/s1. The van der Waals surface area contributed by atoms with Gasteiger partial charge in [0.2, 0.25) is 0 Å². The fourth-order valence-electron chi connectivity index (χ4n) is 4.01. The van der Waals surface area contributed by atoms with Crippen molar-refractivity contribution in [3.8, 4) is 11.1 Å². The van der Waals surface area contributed by atoms with E-state index >= 15 is 0 Å². The zero-order valence-corrected chi connectivity index (χ0v) is 18.3. The number of amides is 2. The Morgan fingerprint density at radius 3 is 2.50 bits per heavy atom. The molecule has 0 N–H and O–H groups in total. The first-order valence-corrected chi connectivity index (χ1v) is 10.5. The first kappa shape index (κ1) is 21.6. The van der Waals surface area contributed by atoms with Crippen molar-refractivity contribution in [3.63, 3.8) is 0 Å². The van der Waals surface area contributed by atoms with Crippen LogP contribution in [0.3, 0.4) is 0 Å². The van der Waals surface area contributed by atoms with Crippen LogP contribution >= 0.6 is 0 Å². The smallest absolute Gasteiger partial charge is 0.272 e. The van der Waals surface area contributed by atoms with E-state index in [1.165, 1.54) is 4.90 Å². The predicted molar refractivity (Wildman–Crippen MR) is 121 cm³/mol. The second-order valence-corrected chi connectivity index (χ2v) is 8.10. The van der Waals surface area contributed by atoms with Crippen molar-refractivity contribution in [1.29, 1.82) is 0 Å². The molecular formula is C25H26N4O3. The SMILES string of the molecule is CN(C)C(=O)[C@]1(Cc2ccc(-c3cccnc3)cc2)CN(C(=O)c2ccccn2)CCO1. The number of carbonyl (C=O) groups excluding carboxylic acids is 2. The zero-order chi connectivity index (χ0) is 22.6. The molecule has 3 heterocycles. The number of morpholine rings is 1. The lowest BCUT2D eigenvalue weighted by Crippen LogP contribution is -2.61. The van der Waals surface area contributed by atoms with E-state index in [1.54, 1.807) is 49.6 Å². The quantitative estimate of drug-likeness (QED) is 0.622.